The summed E-state index contributed by atoms with van der Waals surface area (Å²) < 4.78 is 43.9. The van der Waals surface area contributed by atoms with E-state index in [1.54, 1.807) is 12.1 Å². The van der Waals surface area contributed by atoms with Gasteiger partial charge in [0.25, 0.3) is 0 Å². The second kappa shape index (κ2) is 13.9. The normalized spacial score (nSPS) is 13.0. The van der Waals surface area contributed by atoms with Crippen LogP contribution in [-0.2, 0) is 19.6 Å². The average molecular weight is 610 g/mol. The Morgan fingerprint density at radius 1 is 0.822 bits per heavy atom. The number of imidazole rings is 1. The number of benzene rings is 4. The molecule has 5 aromatic rings. The van der Waals surface area contributed by atoms with E-state index in [0.29, 0.717) is 13.1 Å². The van der Waals surface area contributed by atoms with Gasteiger partial charge in [0.15, 0.2) is 11.5 Å². The molecule has 0 fully saturated rings. The standard InChI is InChI=1S/C37H37F2N3O3/c1-3-4-21-42-35(34(29-11-7-5-8-12-29)40-36(42)30-13-9-6-10-14-30)26(2)41(23-27-15-18-31(19-16-27)45-37(38)39)24-28-17-20-32-33(22-28)44-25-43-32/h5-20,22,26,37H,3-4,21,23-25H2,1-2H3/t26-/m0/s1. The zero-order chi connectivity index (χ0) is 31.2. The Kier molecular flexibility index (Phi) is 9.41. The van der Waals surface area contributed by atoms with Crippen LogP contribution in [0, 0.1) is 0 Å². The van der Waals surface area contributed by atoms with Crippen molar-refractivity contribution in [3.8, 4) is 39.9 Å². The highest BCUT2D eigenvalue weighted by Gasteiger charge is 2.28. The van der Waals surface area contributed by atoms with E-state index in [2.05, 4.69) is 58.4 Å². The number of unbranched alkanes of at least 4 members (excludes halogenated alkanes) is 1. The first-order chi connectivity index (χ1) is 22.0. The van der Waals surface area contributed by atoms with E-state index in [0.717, 1.165) is 70.4 Å². The highest BCUT2D eigenvalue weighted by Crippen LogP contribution is 2.38. The van der Waals surface area contributed by atoms with E-state index in [1.165, 1.54) is 0 Å². The minimum Gasteiger partial charge on any atom is -0.454 e. The highest BCUT2D eigenvalue weighted by molar-refractivity contribution is 5.69. The molecule has 8 heteroatoms. The molecule has 0 amide bonds. The molecule has 0 bridgehead atoms. The van der Waals surface area contributed by atoms with Crippen molar-refractivity contribution in [2.45, 2.75) is 59.0 Å². The van der Waals surface area contributed by atoms with Crippen LogP contribution in [0.3, 0.4) is 0 Å². The zero-order valence-corrected chi connectivity index (χ0v) is 25.5. The molecular weight excluding hydrogens is 572 g/mol. The molecule has 0 radical (unpaired) electrons. The van der Waals surface area contributed by atoms with Gasteiger partial charge < -0.3 is 18.8 Å². The molecule has 45 heavy (non-hydrogen) atoms. The molecular formula is C37H37F2N3O3. The first-order valence-electron chi connectivity index (χ1n) is 15.4. The minimum atomic E-state index is -2.86. The lowest BCUT2D eigenvalue weighted by Gasteiger charge is -2.31. The minimum absolute atomic E-state index is 0.0792. The predicted molar refractivity (Wildman–Crippen MR) is 171 cm³/mol. The Bertz CT molecular complexity index is 1690. The van der Waals surface area contributed by atoms with E-state index in [9.17, 15) is 8.78 Å². The van der Waals surface area contributed by atoms with Gasteiger partial charge in [-0.2, -0.15) is 8.78 Å². The molecule has 1 aromatic heterocycles. The Labute approximate surface area is 262 Å². The summed E-state index contributed by atoms with van der Waals surface area (Å²) in [6, 6.07) is 33.5. The fraction of sp³-hybridized carbons (Fsp3) is 0.270. The summed E-state index contributed by atoms with van der Waals surface area (Å²) >= 11 is 0. The van der Waals surface area contributed by atoms with E-state index >= 15 is 0 Å². The van der Waals surface area contributed by atoms with Crippen molar-refractivity contribution in [2.24, 2.45) is 0 Å². The Morgan fingerprint density at radius 3 is 2.16 bits per heavy atom. The zero-order valence-electron chi connectivity index (χ0n) is 25.5. The number of halogens is 2. The van der Waals surface area contributed by atoms with Gasteiger partial charge in [-0.25, -0.2) is 4.98 Å². The summed E-state index contributed by atoms with van der Waals surface area (Å²) in [7, 11) is 0. The van der Waals surface area contributed by atoms with Crippen molar-refractivity contribution >= 4 is 0 Å². The fourth-order valence-electron chi connectivity index (χ4n) is 5.83. The van der Waals surface area contributed by atoms with Crippen molar-refractivity contribution in [1.82, 2.24) is 14.5 Å². The van der Waals surface area contributed by atoms with E-state index < -0.39 is 6.61 Å². The second-order valence-corrected chi connectivity index (χ2v) is 11.2. The lowest BCUT2D eigenvalue weighted by molar-refractivity contribution is -0.0498. The number of rotatable bonds is 13. The predicted octanol–water partition coefficient (Wildman–Crippen LogP) is 9.11. The Balaban J connectivity index is 1.45. The third-order valence-electron chi connectivity index (χ3n) is 8.12. The molecule has 0 aliphatic carbocycles. The van der Waals surface area contributed by atoms with Gasteiger partial charge in [0, 0.05) is 30.8 Å². The molecule has 0 N–H and O–H groups in total. The monoisotopic (exact) mass is 609 g/mol. The molecule has 0 saturated carbocycles. The van der Waals surface area contributed by atoms with Crippen molar-refractivity contribution in [3.05, 3.63) is 120 Å². The van der Waals surface area contributed by atoms with E-state index in [1.807, 2.05) is 60.7 Å². The van der Waals surface area contributed by atoms with Gasteiger partial charge >= 0.3 is 6.61 Å². The Morgan fingerprint density at radius 2 is 1.47 bits per heavy atom. The fourth-order valence-corrected chi connectivity index (χ4v) is 5.83. The maximum atomic E-state index is 12.8. The van der Waals surface area contributed by atoms with Crippen molar-refractivity contribution < 1.29 is 23.0 Å². The SMILES string of the molecule is CCCCn1c(-c2ccccc2)nc(-c2ccccc2)c1[C@H](C)N(Cc1ccc(OC(F)F)cc1)Cc1ccc2c(c1)OCO2. The summed E-state index contributed by atoms with van der Waals surface area (Å²) in [6.07, 6.45) is 2.06. The van der Waals surface area contributed by atoms with Crippen LogP contribution in [0.4, 0.5) is 8.78 Å². The summed E-state index contributed by atoms with van der Waals surface area (Å²) in [5.74, 6) is 2.56. The van der Waals surface area contributed by atoms with Gasteiger partial charge in [-0.05, 0) is 48.7 Å². The van der Waals surface area contributed by atoms with Crippen LogP contribution >= 0.6 is 0 Å². The third kappa shape index (κ3) is 7.02. The molecule has 6 nitrogen and oxygen atoms in total. The van der Waals surface area contributed by atoms with Crippen LogP contribution in [0.5, 0.6) is 17.2 Å². The van der Waals surface area contributed by atoms with Gasteiger partial charge in [0.1, 0.15) is 11.6 Å². The van der Waals surface area contributed by atoms with E-state index in [4.69, 9.17) is 14.5 Å². The average Bonchev–Trinajstić information content (AvgIpc) is 3.69. The molecule has 0 unspecified atom stereocenters. The number of aromatic nitrogens is 2. The number of ether oxygens (including phenoxy) is 3. The maximum Gasteiger partial charge on any atom is 0.387 e. The van der Waals surface area contributed by atoms with Crippen LogP contribution in [0.1, 0.15) is 49.6 Å². The van der Waals surface area contributed by atoms with Crippen LogP contribution in [-0.4, -0.2) is 27.9 Å². The van der Waals surface area contributed by atoms with Crippen LogP contribution in [0.15, 0.2) is 103 Å². The number of hydrogen-bond acceptors (Lipinski definition) is 5. The number of nitrogens with zero attached hydrogens (tertiary/aromatic N) is 3. The van der Waals surface area contributed by atoms with Gasteiger partial charge in [0.05, 0.1) is 17.4 Å². The molecule has 1 aliphatic rings. The number of hydrogen-bond donors (Lipinski definition) is 0. The number of alkyl halides is 2. The Hall–Kier alpha value is -4.69. The highest BCUT2D eigenvalue weighted by atomic mass is 19.3. The summed E-state index contributed by atoms with van der Waals surface area (Å²) in [5.41, 5.74) is 6.27. The summed E-state index contributed by atoms with van der Waals surface area (Å²) in [5, 5.41) is 0. The van der Waals surface area contributed by atoms with E-state index in [-0.39, 0.29) is 18.6 Å². The van der Waals surface area contributed by atoms with Crippen LogP contribution in [0.2, 0.25) is 0 Å². The largest absolute Gasteiger partial charge is 0.454 e. The maximum absolute atomic E-state index is 12.8. The molecule has 2 heterocycles. The lowest BCUT2D eigenvalue weighted by Crippen LogP contribution is -2.28. The van der Waals surface area contributed by atoms with Crippen LogP contribution in [0.25, 0.3) is 22.6 Å². The van der Waals surface area contributed by atoms with Crippen molar-refractivity contribution in [1.29, 1.82) is 0 Å². The quantitative estimate of drug-likeness (QED) is 0.133. The van der Waals surface area contributed by atoms with Gasteiger partial charge in [-0.3, -0.25) is 4.90 Å². The molecule has 232 valence electrons. The third-order valence-corrected chi connectivity index (χ3v) is 8.12. The molecule has 0 saturated heterocycles. The lowest BCUT2D eigenvalue weighted by atomic mass is 10.0. The van der Waals surface area contributed by atoms with Gasteiger partial charge in [-0.15, -0.1) is 0 Å². The van der Waals surface area contributed by atoms with Crippen molar-refractivity contribution in [3.63, 3.8) is 0 Å². The molecule has 0 spiro atoms. The molecule has 6 rings (SSSR count). The first kappa shape index (κ1) is 30.3. The second-order valence-electron chi connectivity index (χ2n) is 11.2. The molecule has 4 aromatic carbocycles. The topological polar surface area (TPSA) is 48.8 Å². The van der Waals surface area contributed by atoms with Gasteiger partial charge in [0.2, 0.25) is 6.79 Å². The number of fused-ring (bicyclic) bond motifs is 1. The van der Waals surface area contributed by atoms with Crippen molar-refractivity contribution in [2.75, 3.05) is 6.79 Å². The molecule has 1 atom stereocenters. The molecule has 1 aliphatic heterocycles. The summed E-state index contributed by atoms with van der Waals surface area (Å²) in [6.45, 7) is 3.79. The van der Waals surface area contributed by atoms with Crippen LogP contribution < -0.4 is 14.2 Å². The first-order valence-corrected chi connectivity index (χ1v) is 15.4. The summed E-state index contributed by atoms with van der Waals surface area (Å²) in [4.78, 5) is 7.71. The van der Waals surface area contributed by atoms with Gasteiger partial charge in [-0.1, -0.05) is 92.2 Å². The smallest absolute Gasteiger partial charge is 0.387 e.